The molecule has 0 radical (unpaired) electrons. The van der Waals surface area contributed by atoms with Gasteiger partial charge in [-0.25, -0.2) is 14.6 Å². The van der Waals surface area contributed by atoms with Gasteiger partial charge in [-0.3, -0.25) is 28.2 Å². The molecule has 0 bridgehead atoms. The molecule has 2 heterocycles. The Kier molecular flexibility index (Phi) is 12.0. The summed E-state index contributed by atoms with van der Waals surface area (Å²) in [6.45, 7) is 1.48. The predicted molar refractivity (Wildman–Crippen MR) is 152 cm³/mol. The maximum Gasteiger partial charge on any atom is 0.405 e. The van der Waals surface area contributed by atoms with Crippen molar-refractivity contribution in [2.24, 2.45) is 5.41 Å². The van der Waals surface area contributed by atoms with Crippen LogP contribution in [0.2, 0.25) is 0 Å². The molecule has 3 rings (SSSR count). The van der Waals surface area contributed by atoms with Gasteiger partial charge in [-0.2, -0.15) is 4.98 Å². The minimum Gasteiger partial charge on any atom is -0.395 e. The third-order valence-electron chi connectivity index (χ3n) is 5.79. The van der Waals surface area contributed by atoms with Crippen molar-refractivity contribution in [3.05, 3.63) is 52.6 Å². The van der Waals surface area contributed by atoms with Crippen molar-refractivity contribution in [2.75, 3.05) is 37.9 Å². The number of anilines is 1. The number of ether oxygens (including phenoxy) is 1. The second kappa shape index (κ2) is 15.0. The van der Waals surface area contributed by atoms with Crippen molar-refractivity contribution in [1.82, 2.24) is 24.6 Å². The van der Waals surface area contributed by atoms with E-state index in [0.29, 0.717) is 0 Å². The van der Waals surface area contributed by atoms with E-state index in [1.54, 1.807) is 13.8 Å². The lowest BCUT2D eigenvalue weighted by molar-refractivity contribution is -0.119. The Labute approximate surface area is 240 Å². The lowest BCUT2D eigenvalue weighted by atomic mass is 9.97. The summed E-state index contributed by atoms with van der Waals surface area (Å²) in [5.41, 5.74) is 5.11. The van der Waals surface area contributed by atoms with Crippen LogP contribution in [0, 0.1) is 5.41 Å². The van der Waals surface area contributed by atoms with Crippen LogP contribution in [0.3, 0.4) is 0 Å². The SMILES string of the molecule is CC(C)(CO)C(=O)SCCOP(=O)(NCc1ccccc1)OC[C@@H](OCn1cnc2c(=O)[nH]c(N)nc21)C(O)CO. The maximum absolute atomic E-state index is 13.6. The fourth-order valence-corrected chi connectivity index (χ4v) is 5.50. The summed E-state index contributed by atoms with van der Waals surface area (Å²) in [6.07, 6.45) is -1.32. The number of fused-ring (bicyclic) bond motifs is 1. The van der Waals surface area contributed by atoms with Gasteiger partial charge >= 0.3 is 7.75 Å². The number of hydrogen-bond acceptors (Lipinski definition) is 13. The molecule has 7 N–H and O–H groups in total. The summed E-state index contributed by atoms with van der Waals surface area (Å²) in [5, 5.41) is 31.8. The summed E-state index contributed by atoms with van der Waals surface area (Å²) in [4.78, 5) is 34.6. The van der Waals surface area contributed by atoms with Gasteiger partial charge in [-0.15, -0.1) is 0 Å². The highest BCUT2D eigenvalue weighted by molar-refractivity contribution is 8.13. The zero-order valence-corrected chi connectivity index (χ0v) is 24.3. The quantitative estimate of drug-likeness (QED) is 0.0905. The van der Waals surface area contributed by atoms with Crippen molar-refractivity contribution >= 4 is 41.7 Å². The fraction of sp³-hybridized carbons (Fsp3) is 0.500. The van der Waals surface area contributed by atoms with Gasteiger partial charge in [0.25, 0.3) is 5.56 Å². The second-order valence-electron chi connectivity index (χ2n) is 9.55. The van der Waals surface area contributed by atoms with Gasteiger partial charge in [-0.1, -0.05) is 42.1 Å². The molecule has 0 aliphatic rings. The number of aromatic amines is 1. The molecule has 2 unspecified atom stereocenters. The first-order valence-electron chi connectivity index (χ1n) is 12.6. The molecule has 17 heteroatoms. The largest absolute Gasteiger partial charge is 0.405 e. The number of carbonyl (C=O) groups excluding carboxylic acids is 1. The van der Waals surface area contributed by atoms with Crippen LogP contribution >= 0.6 is 19.5 Å². The molecule has 0 aliphatic carbocycles. The van der Waals surface area contributed by atoms with Crippen LogP contribution in [0.5, 0.6) is 0 Å². The van der Waals surface area contributed by atoms with Crippen LogP contribution in [0.4, 0.5) is 5.95 Å². The number of aliphatic hydroxyl groups excluding tert-OH is 3. The molecule has 0 aliphatic heterocycles. The highest BCUT2D eigenvalue weighted by Gasteiger charge is 2.31. The van der Waals surface area contributed by atoms with E-state index in [2.05, 4.69) is 20.0 Å². The highest BCUT2D eigenvalue weighted by atomic mass is 32.2. The van der Waals surface area contributed by atoms with Crippen LogP contribution < -0.4 is 16.4 Å². The number of nitrogens with two attached hydrogens (primary N) is 1. The number of thioether (sulfide) groups is 1. The number of hydrogen-bond donors (Lipinski definition) is 6. The number of rotatable bonds is 17. The lowest BCUT2D eigenvalue weighted by Gasteiger charge is -2.25. The third-order valence-corrected chi connectivity index (χ3v) is 8.53. The average Bonchev–Trinajstić information content (AvgIpc) is 3.37. The molecule has 0 saturated heterocycles. The number of aromatic nitrogens is 4. The number of imidazole rings is 1. The van der Waals surface area contributed by atoms with Crippen molar-refractivity contribution in [1.29, 1.82) is 0 Å². The zero-order chi connectivity index (χ0) is 30.0. The van der Waals surface area contributed by atoms with E-state index in [1.807, 2.05) is 30.3 Å². The number of nitrogen functional groups attached to an aromatic ring is 1. The van der Waals surface area contributed by atoms with Crippen LogP contribution in [-0.4, -0.2) is 84.3 Å². The van der Waals surface area contributed by atoms with Gasteiger partial charge in [0.15, 0.2) is 16.3 Å². The first kappa shape index (κ1) is 32.8. The molecule has 41 heavy (non-hydrogen) atoms. The van der Waals surface area contributed by atoms with Crippen LogP contribution in [0.1, 0.15) is 19.4 Å². The van der Waals surface area contributed by atoms with E-state index in [4.69, 9.17) is 19.5 Å². The number of H-pyrrole nitrogens is 1. The van der Waals surface area contributed by atoms with E-state index in [9.17, 15) is 29.5 Å². The Morgan fingerprint density at radius 2 is 2.00 bits per heavy atom. The molecule has 3 aromatic rings. The van der Waals surface area contributed by atoms with Crippen molar-refractivity contribution < 1.29 is 38.5 Å². The minimum atomic E-state index is -4.02. The lowest BCUT2D eigenvalue weighted by Crippen LogP contribution is -2.37. The molecule has 0 saturated carbocycles. The monoisotopic (exact) mass is 614 g/mol. The van der Waals surface area contributed by atoms with Crippen molar-refractivity contribution in [3.63, 3.8) is 0 Å². The smallest absolute Gasteiger partial charge is 0.395 e. The topological polar surface area (TPSA) is 224 Å². The number of carbonyl (C=O) groups is 1. The number of aliphatic hydroxyl groups is 3. The zero-order valence-electron chi connectivity index (χ0n) is 22.6. The normalized spacial score (nSPS) is 15.0. The summed E-state index contributed by atoms with van der Waals surface area (Å²) >= 11 is 0.931. The molecule has 0 spiro atoms. The molecule has 3 atom stereocenters. The molecule has 2 aromatic heterocycles. The molecular formula is C24H35N6O9PS. The van der Waals surface area contributed by atoms with Crippen LogP contribution in [-0.2, 0) is 36.4 Å². The molecular weight excluding hydrogens is 579 g/mol. The summed E-state index contributed by atoms with van der Waals surface area (Å²) in [5.74, 6) is 0.0204. The Hall–Kier alpha value is -2.66. The maximum atomic E-state index is 13.6. The molecule has 0 amide bonds. The average molecular weight is 615 g/mol. The predicted octanol–water partition coefficient (Wildman–Crippen LogP) is 0.607. The number of nitrogens with zero attached hydrogens (tertiary/aromatic N) is 3. The minimum absolute atomic E-state index is 0.0278. The number of benzene rings is 1. The standard InChI is InChI=1S/C24H35N6O9PS/c1-24(2,13-32)22(35)41-9-8-38-40(36,27-10-16-6-4-3-5-7-16)39-12-18(17(33)11-31)37-15-30-14-26-19-20(30)28-23(25)29-21(19)34/h3-7,14,17-18,31-33H,8-13,15H2,1-2H3,(H,27,36)(H3,25,28,29,34)/t17?,18-,40?/m1/s1. The third kappa shape index (κ3) is 9.43. The molecule has 0 fully saturated rings. The van der Waals surface area contributed by atoms with Gasteiger partial charge in [-0.05, 0) is 19.4 Å². The summed E-state index contributed by atoms with van der Waals surface area (Å²) in [6, 6.07) is 9.08. The van der Waals surface area contributed by atoms with Gasteiger partial charge < -0.3 is 25.8 Å². The second-order valence-corrected chi connectivity index (χ2v) is 12.4. The Balaban J connectivity index is 1.67. The Morgan fingerprint density at radius 1 is 1.27 bits per heavy atom. The molecule has 226 valence electrons. The van der Waals surface area contributed by atoms with Crippen LogP contribution in [0.15, 0.2) is 41.5 Å². The summed E-state index contributed by atoms with van der Waals surface area (Å²) < 4.78 is 31.9. The fourth-order valence-electron chi connectivity index (χ4n) is 3.26. The van der Waals surface area contributed by atoms with Gasteiger partial charge in [0, 0.05) is 12.3 Å². The van der Waals surface area contributed by atoms with E-state index in [1.165, 1.54) is 10.9 Å². The first-order valence-corrected chi connectivity index (χ1v) is 15.1. The van der Waals surface area contributed by atoms with Gasteiger partial charge in [0.1, 0.15) is 18.9 Å². The van der Waals surface area contributed by atoms with Gasteiger partial charge in [0.05, 0.1) is 38.2 Å². The van der Waals surface area contributed by atoms with Crippen molar-refractivity contribution in [3.8, 4) is 0 Å². The van der Waals surface area contributed by atoms with Crippen molar-refractivity contribution in [2.45, 2.75) is 39.3 Å². The summed E-state index contributed by atoms with van der Waals surface area (Å²) in [7, 11) is -4.02. The molecule has 15 nitrogen and oxygen atoms in total. The Bertz CT molecular complexity index is 1390. The van der Waals surface area contributed by atoms with E-state index >= 15 is 0 Å². The van der Waals surface area contributed by atoms with E-state index in [-0.39, 0.29) is 54.5 Å². The van der Waals surface area contributed by atoms with E-state index < -0.39 is 44.1 Å². The van der Waals surface area contributed by atoms with Crippen LogP contribution in [0.25, 0.3) is 11.2 Å². The Morgan fingerprint density at radius 3 is 2.68 bits per heavy atom. The highest BCUT2D eigenvalue weighted by Crippen LogP contribution is 2.44. The first-order chi connectivity index (χ1) is 19.5. The van der Waals surface area contributed by atoms with E-state index in [0.717, 1.165) is 17.3 Å². The molecule has 1 aromatic carbocycles. The van der Waals surface area contributed by atoms with Gasteiger partial charge in [0.2, 0.25) is 5.95 Å². The number of nitrogens with one attached hydrogen (secondary N) is 2.